The summed E-state index contributed by atoms with van der Waals surface area (Å²) >= 11 is 0. The zero-order valence-electron chi connectivity index (χ0n) is 9.36. The third-order valence-electron chi connectivity index (χ3n) is 2.55. The first kappa shape index (κ1) is 11.5. The lowest BCUT2D eigenvalue weighted by Gasteiger charge is -2.01. The Bertz CT molecular complexity index is 534. The molecule has 0 atom stereocenters. The van der Waals surface area contributed by atoms with Crippen molar-refractivity contribution in [3.63, 3.8) is 0 Å². The van der Waals surface area contributed by atoms with Gasteiger partial charge in [-0.3, -0.25) is 4.79 Å². The van der Waals surface area contributed by atoms with Crippen LogP contribution in [0, 0.1) is 0 Å². The van der Waals surface area contributed by atoms with Crippen molar-refractivity contribution < 1.29 is 9.90 Å². The lowest BCUT2D eigenvalue weighted by molar-refractivity contribution is 0.0949. The molecule has 0 saturated carbocycles. The number of rotatable bonds is 4. The van der Waals surface area contributed by atoms with E-state index in [1.807, 2.05) is 6.07 Å². The average molecular weight is 233 g/mol. The minimum atomic E-state index is -0.186. The Morgan fingerprint density at radius 1 is 1.47 bits per heavy atom. The van der Waals surface area contributed by atoms with Gasteiger partial charge in [-0.15, -0.1) is 0 Å². The molecule has 0 fully saturated rings. The van der Waals surface area contributed by atoms with Gasteiger partial charge in [-0.25, -0.2) is 0 Å². The quantitative estimate of drug-likeness (QED) is 0.592. The number of phenolic OH excluding ortho intramolecular Hbond substituents is 1. The number of nitrogens with two attached hydrogens (primary N) is 1. The maximum atomic E-state index is 11.7. The molecule has 0 aliphatic rings. The largest absolute Gasteiger partial charge is 0.506 e. The van der Waals surface area contributed by atoms with E-state index in [2.05, 4.69) is 10.3 Å². The van der Waals surface area contributed by atoms with E-state index in [0.717, 1.165) is 11.8 Å². The van der Waals surface area contributed by atoms with Crippen molar-refractivity contribution in [1.29, 1.82) is 0 Å². The molecule has 1 heterocycles. The molecule has 0 bridgehead atoms. The van der Waals surface area contributed by atoms with E-state index in [4.69, 9.17) is 5.73 Å². The van der Waals surface area contributed by atoms with Crippen molar-refractivity contribution in [3.8, 4) is 5.75 Å². The molecule has 90 valence electrons. The highest BCUT2D eigenvalue weighted by atomic mass is 16.3. The highest BCUT2D eigenvalue weighted by Gasteiger charge is 2.10. The molecule has 1 aromatic heterocycles. The highest BCUT2D eigenvalue weighted by Crippen LogP contribution is 2.24. The molecule has 2 rings (SSSR count). The Labute approximate surface area is 98.6 Å². The first-order valence-electron chi connectivity index (χ1n) is 5.51. The van der Waals surface area contributed by atoms with E-state index in [1.165, 1.54) is 0 Å². The molecule has 0 aliphatic heterocycles. The molecule has 0 aliphatic carbocycles. The first-order chi connectivity index (χ1) is 8.22. The predicted octanol–water partition coefficient (Wildman–Crippen LogP) is 0.952. The molecule has 5 N–H and O–H groups in total. The van der Waals surface area contributed by atoms with Gasteiger partial charge < -0.3 is 21.1 Å². The van der Waals surface area contributed by atoms with Gasteiger partial charge in [-0.2, -0.15) is 0 Å². The number of aromatic amines is 1. The van der Waals surface area contributed by atoms with Crippen LogP contribution in [0.5, 0.6) is 5.75 Å². The summed E-state index contributed by atoms with van der Waals surface area (Å²) < 4.78 is 0. The van der Waals surface area contributed by atoms with Crippen LogP contribution in [0.4, 0.5) is 0 Å². The van der Waals surface area contributed by atoms with Crippen molar-refractivity contribution in [2.24, 2.45) is 5.73 Å². The maximum absolute atomic E-state index is 11.7. The van der Waals surface area contributed by atoms with Crippen LogP contribution in [-0.2, 0) is 0 Å². The zero-order chi connectivity index (χ0) is 12.3. The van der Waals surface area contributed by atoms with Crippen LogP contribution < -0.4 is 11.1 Å². The number of carbonyl (C=O) groups excluding carboxylic acids is 1. The minimum absolute atomic E-state index is 0.142. The maximum Gasteiger partial charge on any atom is 0.267 e. The second kappa shape index (κ2) is 4.88. The number of phenols is 1. The molecule has 0 radical (unpaired) electrons. The number of hydrogen-bond acceptors (Lipinski definition) is 3. The van der Waals surface area contributed by atoms with Gasteiger partial charge in [0.2, 0.25) is 0 Å². The summed E-state index contributed by atoms with van der Waals surface area (Å²) in [5.41, 5.74) is 6.37. The fourth-order valence-corrected chi connectivity index (χ4v) is 1.66. The normalized spacial score (nSPS) is 10.6. The van der Waals surface area contributed by atoms with E-state index < -0.39 is 0 Å². The van der Waals surface area contributed by atoms with Gasteiger partial charge in [0.15, 0.2) is 0 Å². The highest BCUT2D eigenvalue weighted by molar-refractivity contribution is 5.99. The number of nitrogens with one attached hydrogen (secondary N) is 2. The number of aromatic nitrogens is 1. The Kier molecular flexibility index (Phi) is 3.30. The third-order valence-corrected chi connectivity index (χ3v) is 2.55. The molecular weight excluding hydrogens is 218 g/mol. The summed E-state index contributed by atoms with van der Waals surface area (Å²) in [6.07, 6.45) is 0.747. The Balaban J connectivity index is 2.19. The van der Waals surface area contributed by atoms with Gasteiger partial charge in [0.1, 0.15) is 11.4 Å². The van der Waals surface area contributed by atoms with Crippen molar-refractivity contribution in [2.75, 3.05) is 13.1 Å². The molecule has 5 heteroatoms. The van der Waals surface area contributed by atoms with Gasteiger partial charge in [-0.05, 0) is 25.1 Å². The van der Waals surface area contributed by atoms with Gasteiger partial charge in [0.05, 0.1) is 5.52 Å². The smallest absolute Gasteiger partial charge is 0.267 e. The van der Waals surface area contributed by atoms with Crippen molar-refractivity contribution in [1.82, 2.24) is 10.3 Å². The first-order valence-corrected chi connectivity index (χ1v) is 5.51. The molecule has 0 unspecified atom stereocenters. The molecule has 1 aromatic carbocycles. The van der Waals surface area contributed by atoms with Gasteiger partial charge in [0.25, 0.3) is 5.91 Å². The lowest BCUT2D eigenvalue weighted by Crippen LogP contribution is -2.26. The number of carbonyl (C=O) groups is 1. The van der Waals surface area contributed by atoms with Gasteiger partial charge in [0, 0.05) is 11.9 Å². The number of fused-ring (bicyclic) bond motifs is 1. The van der Waals surface area contributed by atoms with Crippen molar-refractivity contribution in [2.45, 2.75) is 6.42 Å². The van der Waals surface area contributed by atoms with Crippen LogP contribution in [0.3, 0.4) is 0 Å². The molecular formula is C12H15N3O2. The topological polar surface area (TPSA) is 91.1 Å². The predicted molar refractivity (Wildman–Crippen MR) is 66.0 cm³/mol. The van der Waals surface area contributed by atoms with Crippen molar-refractivity contribution in [3.05, 3.63) is 30.0 Å². The monoisotopic (exact) mass is 233 g/mol. The third kappa shape index (κ3) is 2.39. The van der Waals surface area contributed by atoms with Crippen LogP contribution in [0.2, 0.25) is 0 Å². The molecule has 2 aromatic rings. The Morgan fingerprint density at radius 3 is 3.00 bits per heavy atom. The SMILES string of the molecule is NCCCNC(=O)c1cc2cccc(O)c2[nH]1. The summed E-state index contributed by atoms with van der Waals surface area (Å²) in [5.74, 6) is -0.0439. The van der Waals surface area contributed by atoms with Crippen LogP contribution >= 0.6 is 0 Å². The van der Waals surface area contributed by atoms with Crippen LogP contribution in [0.15, 0.2) is 24.3 Å². The number of hydrogen-bond donors (Lipinski definition) is 4. The zero-order valence-corrected chi connectivity index (χ0v) is 9.36. The second-order valence-electron chi connectivity index (χ2n) is 3.82. The molecule has 1 amide bonds. The summed E-state index contributed by atoms with van der Waals surface area (Å²) in [7, 11) is 0. The number of H-pyrrole nitrogens is 1. The Morgan fingerprint density at radius 2 is 2.29 bits per heavy atom. The number of amides is 1. The number of aromatic hydroxyl groups is 1. The van der Waals surface area contributed by atoms with Gasteiger partial charge in [-0.1, -0.05) is 12.1 Å². The summed E-state index contributed by atoms with van der Waals surface area (Å²) in [5, 5.41) is 13.2. The minimum Gasteiger partial charge on any atom is -0.506 e. The van der Waals surface area contributed by atoms with Gasteiger partial charge >= 0.3 is 0 Å². The lowest BCUT2D eigenvalue weighted by atomic mass is 10.2. The van der Waals surface area contributed by atoms with E-state index >= 15 is 0 Å². The molecule has 5 nitrogen and oxygen atoms in total. The van der Waals surface area contributed by atoms with Crippen LogP contribution in [0.25, 0.3) is 10.9 Å². The van der Waals surface area contributed by atoms with Crippen LogP contribution in [0.1, 0.15) is 16.9 Å². The molecule has 0 saturated heterocycles. The molecule has 0 spiro atoms. The second-order valence-corrected chi connectivity index (χ2v) is 3.82. The standard InChI is InChI=1S/C12H15N3O2/c13-5-2-6-14-12(17)9-7-8-3-1-4-10(16)11(8)15-9/h1,3-4,7,15-16H,2,5-6,13H2,(H,14,17). The Hall–Kier alpha value is -2.01. The van der Waals surface area contributed by atoms with E-state index in [1.54, 1.807) is 18.2 Å². The summed E-state index contributed by atoms with van der Waals surface area (Å²) in [6, 6.07) is 6.87. The average Bonchev–Trinajstić information content (AvgIpc) is 2.75. The summed E-state index contributed by atoms with van der Waals surface area (Å²) in [4.78, 5) is 14.6. The fraction of sp³-hybridized carbons (Fsp3) is 0.250. The van der Waals surface area contributed by atoms with E-state index in [9.17, 15) is 9.90 Å². The van der Waals surface area contributed by atoms with E-state index in [0.29, 0.717) is 24.3 Å². The fourth-order valence-electron chi connectivity index (χ4n) is 1.66. The van der Waals surface area contributed by atoms with Crippen molar-refractivity contribution >= 4 is 16.8 Å². The number of para-hydroxylation sites is 1. The van der Waals surface area contributed by atoms with E-state index in [-0.39, 0.29) is 11.7 Å². The number of benzene rings is 1. The molecule has 17 heavy (non-hydrogen) atoms. The summed E-state index contributed by atoms with van der Waals surface area (Å²) in [6.45, 7) is 1.10. The van der Waals surface area contributed by atoms with Crippen LogP contribution in [-0.4, -0.2) is 29.1 Å².